The highest BCUT2D eigenvalue weighted by Gasteiger charge is 2.35. The number of benzene rings is 2. The van der Waals surface area contributed by atoms with Gasteiger partial charge < -0.3 is 9.47 Å². The predicted octanol–water partition coefficient (Wildman–Crippen LogP) is 4.48. The van der Waals surface area contributed by atoms with E-state index in [0.717, 1.165) is 12.1 Å². The second-order valence-corrected chi connectivity index (χ2v) is 10.5. The zero-order valence-corrected chi connectivity index (χ0v) is 20.2. The van der Waals surface area contributed by atoms with Gasteiger partial charge in [0.1, 0.15) is 16.5 Å². The molecule has 0 aromatic heterocycles. The van der Waals surface area contributed by atoms with E-state index >= 15 is 0 Å². The van der Waals surface area contributed by atoms with Gasteiger partial charge >= 0.3 is 0 Å². The molecule has 0 aliphatic carbocycles. The fourth-order valence-corrected chi connectivity index (χ4v) is 5.08. The Morgan fingerprint density at radius 1 is 1.03 bits per heavy atom. The molecule has 180 valence electrons. The topological polar surface area (TPSA) is 81.7 Å². The molecular weight excluding hydrogens is 452 g/mol. The number of ether oxygens (including phenoxy) is 2. The second kappa shape index (κ2) is 9.48. The molecule has 1 heterocycles. The summed E-state index contributed by atoms with van der Waals surface area (Å²) in [5, 5.41) is 0. The first-order valence-corrected chi connectivity index (χ1v) is 12.3. The van der Waals surface area contributed by atoms with Crippen LogP contribution in [-0.2, 0) is 36.5 Å². The summed E-state index contributed by atoms with van der Waals surface area (Å²) < 4.78 is 67.4. The Kier molecular flexibility index (Phi) is 7.26. The maximum absolute atomic E-state index is 14.5. The van der Waals surface area contributed by atoms with Gasteiger partial charge in [0, 0.05) is 5.56 Å². The molecule has 0 atom stereocenters. The van der Waals surface area contributed by atoms with Crippen LogP contribution in [0.1, 0.15) is 68.7 Å². The van der Waals surface area contributed by atoms with Crippen molar-refractivity contribution in [3.63, 3.8) is 0 Å². The molecule has 1 N–H and O–H groups in total. The third kappa shape index (κ3) is 5.42. The van der Waals surface area contributed by atoms with Crippen molar-refractivity contribution in [2.45, 2.75) is 63.6 Å². The summed E-state index contributed by atoms with van der Waals surface area (Å²) in [6.45, 7) is 9.72. The molecule has 0 saturated carbocycles. The standard InChI is InChI=1S/C24H29F2NO5S/c1-14(2)18-11-17(25)12-19(15(3)4)20(18)13-23(28)27-33(29,30)22-10-16(6-7-21(22)26)24(5)31-8-9-32-24/h6-7,10-12,14-15H,8-9,13H2,1-5H3,(H,27,28). The molecular formula is C24H29F2NO5S. The van der Waals surface area contributed by atoms with Crippen LogP contribution in [0.15, 0.2) is 35.2 Å². The summed E-state index contributed by atoms with van der Waals surface area (Å²) in [5.41, 5.74) is 2.14. The Balaban J connectivity index is 1.92. The van der Waals surface area contributed by atoms with Crippen molar-refractivity contribution in [1.29, 1.82) is 0 Å². The first kappa shape index (κ1) is 25.3. The van der Waals surface area contributed by atoms with E-state index in [0.29, 0.717) is 35.5 Å². The van der Waals surface area contributed by atoms with E-state index in [9.17, 15) is 22.0 Å². The van der Waals surface area contributed by atoms with E-state index in [1.54, 1.807) is 6.92 Å². The van der Waals surface area contributed by atoms with Gasteiger partial charge in [-0.05, 0) is 59.7 Å². The molecule has 0 spiro atoms. The maximum atomic E-state index is 14.5. The Morgan fingerprint density at radius 2 is 1.58 bits per heavy atom. The normalized spacial score (nSPS) is 15.9. The number of sulfonamides is 1. The van der Waals surface area contributed by atoms with Gasteiger partial charge in [0.05, 0.1) is 19.6 Å². The van der Waals surface area contributed by atoms with E-state index in [1.807, 2.05) is 32.4 Å². The van der Waals surface area contributed by atoms with Crippen molar-refractivity contribution in [3.8, 4) is 0 Å². The van der Waals surface area contributed by atoms with E-state index in [4.69, 9.17) is 9.47 Å². The van der Waals surface area contributed by atoms with Gasteiger partial charge in [0.25, 0.3) is 10.0 Å². The average Bonchev–Trinajstić information content (AvgIpc) is 3.16. The van der Waals surface area contributed by atoms with Crippen LogP contribution in [0, 0.1) is 11.6 Å². The number of nitrogens with one attached hydrogen (secondary N) is 1. The first-order valence-electron chi connectivity index (χ1n) is 10.8. The first-order chi connectivity index (χ1) is 15.3. The minimum absolute atomic E-state index is 0.0844. The fraction of sp³-hybridized carbons (Fsp3) is 0.458. The zero-order chi connectivity index (χ0) is 24.6. The van der Waals surface area contributed by atoms with Crippen molar-refractivity contribution in [3.05, 3.63) is 64.2 Å². The molecule has 1 fully saturated rings. The lowest BCUT2D eigenvalue weighted by molar-refractivity contribution is -0.149. The van der Waals surface area contributed by atoms with Gasteiger partial charge in [-0.25, -0.2) is 21.9 Å². The highest BCUT2D eigenvalue weighted by Crippen LogP contribution is 2.33. The summed E-state index contributed by atoms with van der Waals surface area (Å²) in [7, 11) is -4.52. The van der Waals surface area contributed by atoms with Crippen molar-refractivity contribution in [1.82, 2.24) is 4.72 Å². The zero-order valence-electron chi connectivity index (χ0n) is 19.4. The van der Waals surface area contributed by atoms with Crippen molar-refractivity contribution < 1.29 is 31.5 Å². The van der Waals surface area contributed by atoms with Crippen molar-refractivity contribution in [2.75, 3.05) is 13.2 Å². The lowest BCUT2D eigenvalue weighted by atomic mass is 9.87. The molecule has 1 saturated heterocycles. The predicted molar refractivity (Wildman–Crippen MR) is 119 cm³/mol. The molecule has 6 nitrogen and oxygen atoms in total. The van der Waals surface area contributed by atoms with Gasteiger partial charge in [-0.1, -0.05) is 33.8 Å². The molecule has 0 bridgehead atoms. The summed E-state index contributed by atoms with van der Waals surface area (Å²) in [4.78, 5) is 12.1. The lowest BCUT2D eigenvalue weighted by Gasteiger charge is -2.23. The Bertz CT molecular complexity index is 1130. The van der Waals surface area contributed by atoms with E-state index in [2.05, 4.69) is 0 Å². The molecule has 2 aromatic rings. The number of amides is 1. The van der Waals surface area contributed by atoms with Gasteiger partial charge in [-0.3, -0.25) is 4.79 Å². The Morgan fingerprint density at radius 3 is 2.09 bits per heavy atom. The number of carbonyl (C=O) groups excluding carboxylic acids is 1. The van der Waals surface area contributed by atoms with E-state index in [1.165, 1.54) is 18.2 Å². The van der Waals surface area contributed by atoms with Crippen molar-refractivity contribution in [2.24, 2.45) is 0 Å². The lowest BCUT2D eigenvalue weighted by Crippen LogP contribution is -2.33. The SMILES string of the molecule is CC(C)c1cc(F)cc(C(C)C)c1CC(=O)NS(=O)(=O)c1cc(C2(C)OCCO2)ccc1F. The summed E-state index contributed by atoms with van der Waals surface area (Å²) in [5.74, 6) is -3.63. The minimum atomic E-state index is -4.52. The number of hydrogen-bond acceptors (Lipinski definition) is 5. The Hall–Kier alpha value is -2.36. The second-order valence-electron chi connectivity index (χ2n) is 8.87. The van der Waals surface area contributed by atoms with Crippen LogP contribution in [0.3, 0.4) is 0 Å². The molecule has 2 aromatic carbocycles. The van der Waals surface area contributed by atoms with E-state index in [-0.39, 0.29) is 18.3 Å². The van der Waals surface area contributed by atoms with Crippen LogP contribution >= 0.6 is 0 Å². The molecule has 9 heteroatoms. The van der Waals surface area contributed by atoms with Crippen LogP contribution in [0.25, 0.3) is 0 Å². The number of rotatable bonds is 7. The van der Waals surface area contributed by atoms with Crippen molar-refractivity contribution >= 4 is 15.9 Å². The fourth-order valence-electron chi connectivity index (χ4n) is 3.99. The molecule has 3 rings (SSSR count). The van der Waals surface area contributed by atoms with Crippen LogP contribution in [0.2, 0.25) is 0 Å². The Labute approximate surface area is 193 Å². The molecule has 1 amide bonds. The molecule has 0 unspecified atom stereocenters. The highest BCUT2D eigenvalue weighted by molar-refractivity contribution is 7.90. The number of hydrogen-bond donors (Lipinski definition) is 1. The quantitative estimate of drug-likeness (QED) is 0.631. The minimum Gasteiger partial charge on any atom is -0.344 e. The van der Waals surface area contributed by atoms with Gasteiger partial charge in [0.15, 0.2) is 5.79 Å². The van der Waals surface area contributed by atoms with Crippen LogP contribution in [0.5, 0.6) is 0 Å². The van der Waals surface area contributed by atoms with Gasteiger partial charge in [-0.2, -0.15) is 0 Å². The van der Waals surface area contributed by atoms with Crippen LogP contribution in [0.4, 0.5) is 8.78 Å². The average molecular weight is 482 g/mol. The van der Waals surface area contributed by atoms with Gasteiger partial charge in [0.2, 0.25) is 5.91 Å². The third-order valence-corrected chi connectivity index (χ3v) is 7.08. The smallest absolute Gasteiger partial charge is 0.266 e. The highest BCUT2D eigenvalue weighted by atomic mass is 32.2. The molecule has 0 radical (unpaired) electrons. The molecule has 33 heavy (non-hydrogen) atoms. The monoisotopic (exact) mass is 481 g/mol. The summed E-state index contributed by atoms with van der Waals surface area (Å²) in [6, 6.07) is 6.20. The molecule has 1 aliphatic rings. The number of halogens is 2. The number of carbonyl (C=O) groups is 1. The molecule has 1 aliphatic heterocycles. The summed E-state index contributed by atoms with van der Waals surface area (Å²) in [6.07, 6.45) is -0.286. The van der Waals surface area contributed by atoms with E-state index < -0.39 is 38.2 Å². The third-order valence-electron chi connectivity index (χ3n) is 5.70. The maximum Gasteiger partial charge on any atom is 0.266 e. The van der Waals surface area contributed by atoms with Crippen LogP contribution in [-0.4, -0.2) is 27.5 Å². The van der Waals surface area contributed by atoms with Gasteiger partial charge in [-0.15, -0.1) is 0 Å². The van der Waals surface area contributed by atoms with Crippen LogP contribution < -0.4 is 4.72 Å². The summed E-state index contributed by atoms with van der Waals surface area (Å²) >= 11 is 0. The largest absolute Gasteiger partial charge is 0.344 e.